The van der Waals surface area contributed by atoms with Crippen molar-refractivity contribution in [2.45, 2.75) is 59.3 Å². The number of hydrogen-bond acceptors (Lipinski definition) is 23. The summed E-state index contributed by atoms with van der Waals surface area (Å²) in [4.78, 5) is 57.2. The molecule has 5 aromatic rings. The summed E-state index contributed by atoms with van der Waals surface area (Å²) < 4.78 is 121. The molecule has 99 heavy (non-hydrogen) atoms. The van der Waals surface area contributed by atoms with Gasteiger partial charge in [0.1, 0.15) is 12.6 Å². The summed E-state index contributed by atoms with van der Waals surface area (Å²) in [5.41, 5.74) is 3.61. The van der Waals surface area contributed by atoms with Gasteiger partial charge in [-0.25, -0.2) is 48.1 Å². The molecule has 0 bridgehead atoms. The van der Waals surface area contributed by atoms with Crippen molar-refractivity contribution in [1.29, 1.82) is 0 Å². The van der Waals surface area contributed by atoms with Crippen LogP contribution in [-0.4, -0.2) is 278 Å². The van der Waals surface area contributed by atoms with Gasteiger partial charge in [-0.3, -0.25) is 4.79 Å². The molecule has 0 radical (unpaired) electrons. The van der Waals surface area contributed by atoms with Crippen LogP contribution in [-0.2, 0) is 82.6 Å². The Morgan fingerprint density at radius 2 is 0.919 bits per heavy atom. The fourth-order valence-corrected chi connectivity index (χ4v) is 14.9. The Hall–Kier alpha value is -4.83. The molecule has 36 heteroatoms. The average Bonchev–Trinajstić information content (AvgIpc) is 1.03. The molecular weight excluding hydrogens is 1410 g/mol. The van der Waals surface area contributed by atoms with Crippen molar-refractivity contribution in [1.82, 2.24) is 43.1 Å². The van der Waals surface area contributed by atoms with Crippen molar-refractivity contribution in [2.24, 2.45) is 5.92 Å². The fraction of sp³-hybridized carbons (Fsp3) is 0.460. The number of rotatable bonds is 16. The van der Waals surface area contributed by atoms with Crippen LogP contribution in [0.3, 0.4) is 0 Å². The van der Waals surface area contributed by atoms with E-state index < -0.39 is 76.1 Å². The number of fused-ring (bicyclic) bond motifs is 1. The third-order valence-electron chi connectivity index (χ3n) is 16.2. The van der Waals surface area contributed by atoms with Crippen LogP contribution in [0.15, 0.2) is 135 Å². The number of esters is 3. The largest absolute Gasteiger partial charge is 1.00 e. The Bertz CT molecular complexity index is 3870. The van der Waals surface area contributed by atoms with E-state index in [1.54, 1.807) is 68.4 Å². The minimum absolute atomic E-state index is 0. The molecule has 27 nitrogen and oxygen atoms in total. The summed E-state index contributed by atoms with van der Waals surface area (Å²) >= 11 is 0. The van der Waals surface area contributed by atoms with Crippen LogP contribution in [0.5, 0.6) is 0 Å². The Labute approximate surface area is 618 Å². The van der Waals surface area contributed by atoms with Gasteiger partial charge in [-0.1, -0.05) is 44.2 Å². The second-order valence-corrected chi connectivity index (χ2v) is 31.9. The number of piperazine rings is 4. The van der Waals surface area contributed by atoms with Crippen molar-refractivity contribution < 1.29 is 102 Å². The maximum Gasteiger partial charge on any atom is 1.00 e. The number of nitrogens with zero attached hydrogens (tertiary/aromatic N) is 7. The number of amides is 1. The molecule has 1 atom stereocenters. The van der Waals surface area contributed by atoms with Crippen molar-refractivity contribution in [2.75, 3.05) is 147 Å². The zero-order valence-corrected chi connectivity index (χ0v) is 61.7. The average molecular weight is 1510 g/mol. The van der Waals surface area contributed by atoms with Crippen molar-refractivity contribution in [3.05, 3.63) is 149 Å². The quantitative estimate of drug-likeness (QED) is 0.0354. The zero-order valence-electron chi connectivity index (χ0n) is 57.7. The number of aliphatic hydroxyl groups is 1. The third-order valence-corrected chi connectivity index (χ3v) is 23.3. The molecule has 5 heterocycles. The number of ether oxygens (including phenoxy) is 3. The standard InChI is InChI=1S/C25H32BN3O7S.C13H18N2O4S.C12H18N2O3S.C8H7ClO4S.C5H12N2.Al.Li.H2S.4H/c1-17(2)23(27-24(30)19-6-7-20-16-36-26(32)22(20)14-19)25(31)35-15-18-4-8-21(9-5-18)37(33,34)29-12-10-28(3)11-13-29;1-14-7-9-15(10-8-14)20(17,18)12-5-3-11(4-6-12)13(16)19-2;1-13-6-8-14(9-7-13)18(16,17)12-4-2-11(10-15)3-5-12;1-13-8(10)6-2-4-7(5-3-6)14(9,11)12;1-7-4-2-6-3-5-7;;;;;;;/h4-9,14,17,23,32H,10-13,15-16H2,1-3H3,(H,27,30);3-6H,7-10H2,1-2H3;2-5,15H,6-10H2,1H3;2-5H,1H3;6H,2-5H2,1H3;;;1H2;;;;/q;;;;;;+1;;;;;-1/t23-;;;;;;;;;;;/m0.........../s1. The second kappa shape index (κ2) is 41.5. The van der Waals surface area contributed by atoms with Gasteiger partial charge in [-0.15, -0.1) is 0 Å². The molecule has 4 N–H and O–H groups in total. The van der Waals surface area contributed by atoms with Gasteiger partial charge in [0.2, 0.25) is 30.1 Å². The number of methoxy groups -OCH3 is 2. The molecule has 0 aromatic heterocycles. The van der Waals surface area contributed by atoms with E-state index in [2.05, 4.69) is 46.8 Å². The molecule has 542 valence electrons. The molecule has 0 unspecified atom stereocenters. The molecule has 10 rings (SSSR count). The number of carbonyl (C=O) groups excluding carboxylic acids is 4. The topological polar surface area (TPSA) is 329 Å². The first-order chi connectivity index (χ1) is 45.4. The number of halogens is 1. The van der Waals surface area contributed by atoms with Gasteiger partial charge in [0.15, 0.2) is 17.4 Å². The second-order valence-electron chi connectivity index (χ2n) is 23.5. The molecule has 4 fully saturated rings. The normalized spacial score (nSPS) is 16.9. The zero-order chi connectivity index (χ0) is 70.5. The van der Waals surface area contributed by atoms with Crippen LogP contribution >= 0.6 is 24.2 Å². The van der Waals surface area contributed by atoms with Crippen LogP contribution in [0.25, 0.3) is 0 Å². The number of sulfonamides is 3. The summed E-state index contributed by atoms with van der Waals surface area (Å²) in [6, 6.07) is 27.7. The Morgan fingerprint density at radius 3 is 1.26 bits per heavy atom. The molecule has 5 aliphatic heterocycles. The summed E-state index contributed by atoms with van der Waals surface area (Å²) in [7, 11) is 0.435. The van der Waals surface area contributed by atoms with Crippen LogP contribution < -0.4 is 35.0 Å². The fourth-order valence-electron chi connectivity index (χ4n) is 9.91. The Morgan fingerprint density at radius 1 is 0.566 bits per heavy atom. The molecular formula is C63H93AlBClLiN9O18S5. The van der Waals surface area contributed by atoms with Gasteiger partial charge in [0.25, 0.3) is 15.0 Å². The van der Waals surface area contributed by atoms with E-state index in [4.69, 9.17) is 25.2 Å². The minimum atomic E-state index is -3.73. The smallest absolute Gasteiger partial charge is 1.00 e. The minimum Gasteiger partial charge on any atom is -1.00 e. The molecule has 0 spiro atoms. The van der Waals surface area contributed by atoms with Crippen molar-refractivity contribution in [3.63, 3.8) is 0 Å². The van der Waals surface area contributed by atoms with E-state index >= 15 is 0 Å². The number of likely N-dealkylation sites (N-methyl/N-ethyl adjacent to an activating group) is 4. The first-order valence-electron chi connectivity index (χ1n) is 30.8. The molecule has 0 aliphatic carbocycles. The van der Waals surface area contributed by atoms with E-state index in [0.717, 1.165) is 44.8 Å². The van der Waals surface area contributed by atoms with Crippen LogP contribution in [0, 0.1) is 5.92 Å². The summed E-state index contributed by atoms with van der Waals surface area (Å²) in [6.07, 6.45) is 0. The van der Waals surface area contributed by atoms with Gasteiger partial charge in [0, 0.05) is 121 Å². The third kappa shape index (κ3) is 26.1. The number of hydrogen-bond donors (Lipinski definition) is 4. The first-order valence-corrected chi connectivity index (χ1v) is 37.5. The first kappa shape index (κ1) is 88.4. The van der Waals surface area contributed by atoms with E-state index in [-0.39, 0.29) is 97.1 Å². The van der Waals surface area contributed by atoms with Gasteiger partial charge in [0.05, 0.1) is 58.1 Å². The van der Waals surface area contributed by atoms with Gasteiger partial charge >= 0.3 is 43.9 Å². The van der Waals surface area contributed by atoms with Crippen molar-refractivity contribution in [3.8, 4) is 0 Å². The number of nitrogens with one attached hydrogen (secondary N) is 2. The molecule has 1 amide bonds. The van der Waals surface area contributed by atoms with E-state index in [1.807, 2.05) is 21.1 Å². The summed E-state index contributed by atoms with van der Waals surface area (Å²) in [5, 5.41) is 24.8. The molecule has 4 saturated heterocycles. The van der Waals surface area contributed by atoms with Gasteiger partial charge in [-0.2, -0.15) is 26.4 Å². The number of carbonyl (C=O) groups is 4. The van der Waals surface area contributed by atoms with Crippen molar-refractivity contribution >= 4 is 117 Å². The SMILES string of the molecule is CC(C)[C@H](NC(=O)c1ccc2c(c1)B(O)OC2)C(=O)OCc1ccc(S(=O)(=O)N2CCN(C)CC2)cc1.CN1CCN(S(=O)(=O)c2ccc(CO)cc2)CC1.CN1CCNCC1.COC(=O)c1ccc(S(=O)(=O)Cl)cc1.COC(=O)c1ccc(S(=O)(=O)N2CCN(C)CC2)cc1.S.[AlH3].[H-].[Li+]. The predicted octanol–water partition coefficient (Wildman–Crippen LogP) is -2.17. The van der Waals surface area contributed by atoms with Crippen LogP contribution in [0.1, 0.15) is 63.0 Å². The maximum atomic E-state index is 12.9. The number of aliphatic hydroxyl groups excluding tert-OH is 1. The summed E-state index contributed by atoms with van der Waals surface area (Å²) in [6.45, 7) is 15.7. The van der Waals surface area contributed by atoms with Gasteiger partial charge in [-0.05, 0) is 141 Å². The summed E-state index contributed by atoms with van der Waals surface area (Å²) in [5.74, 6) is -2.30. The molecule has 5 aliphatic rings. The van der Waals surface area contributed by atoms with Crippen LogP contribution in [0.2, 0.25) is 0 Å². The van der Waals surface area contributed by atoms with E-state index in [0.29, 0.717) is 85.0 Å². The molecule has 5 aromatic carbocycles. The van der Waals surface area contributed by atoms with Gasteiger partial charge < -0.3 is 60.7 Å². The van der Waals surface area contributed by atoms with Crippen LogP contribution in [0.4, 0.5) is 0 Å². The Kier molecular flexibility index (Phi) is 37.0. The molecule has 0 saturated carbocycles. The Balaban J connectivity index is 0.000000460. The maximum absolute atomic E-state index is 12.9. The monoisotopic (exact) mass is 1500 g/mol. The van der Waals surface area contributed by atoms with E-state index in [1.165, 1.54) is 101 Å². The van der Waals surface area contributed by atoms with E-state index in [9.17, 15) is 57.9 Å². The number of benzene rings is 5. The predicted molar refractivity (Wildman–Crippen MR) is 383 cm³/mol.